The molecule has 4 nitrogen and oxygen atoms in total. The highest BCUT2D eigenvalue weighted by Gasteiger charge is 2.29. The maximum Gasteiger partial charge on any atom is 0.253 e. The third-order valence-electron chi connectivity index (χ3n) is 4.85. The van der Waals surface area contributed by atoms with Gasteiger partial charge in [-0.05, 0) is 25.5 Å². The Bertz CT molecular complexity index is 915. The number of hydrogen-bond acceptors (Lipinski definition) is 2. The van der Waals surface area contributed by atoms with Crippen LogP contribution in [0.25, 0.3) is 11.0 Å². The minimum atomic E-state index is -0.409. The van der Waals surface area contributed by atoms with E-state index in [-0.39, 0.29) is 11.8 Å². The summed E-state index contributed by atoms with van der Waals surface area (Å²) in [5.74, 6) is 0.0109. The van der Waals surface area contributed by atoms with Gasteiger partial charge in [-0.25, -0.2) is 4.98 Å². The first kappa shape index (κ1) is 17.5. The van der Waals surface area contributed by atoms with Crippen LogP contribution in [-0.2, 0) is 7.05 Å². The van der Waals surface area contributed by atoms with Crippen LogP contribution in [0.4, 0.5) is 0 Å². The number of pyridine rings is 1. The second kappa shape index (κ2) is 6.52. The molecule has 5 heteroatoms. The molecule has 1 N–H and O–H groups in total. The fourth-order valence-electron chi connectivity index (χ4n) is 2.97. The Balaban J connectivity index is 1.84. The molecular formula is C20H22ClN3O. The summed E-state index contributed by atoms with van der Waals surface area (Å²) in [5, 5.41) is 4.51. The summed E-state index contributed by atoms with van der Waals surface area (Å²) >= 11 is 6.23. The summed E-state index contributed by atoms with van der Waals surface area (Å²) in [6.07, 6.45) is 3.39. The van der Waals surface area contributed by atoms with Crippen LogP contribution in [0.15, 0.2) is 48.8 Å². The number of rotatable bonds is 4. The van der Waals surface area contributed by atoms with Gasteiger partial charge in [-0.1, -0.05) is 48.9 Å². The van der Waals surface area contributed by atoms with Crippen molar-refractivity contribution in [1.82, 2.24) is 14.9 Å². The molecule has 0 bridgehead atoms. The molecule has 0 aliphatic carbocycles. The fraction of sp³-hybridized carbons (Fsp3) is 0.300. The highest BCUT2D eigenvalue weighted by molar-refractivity contribution is 6.35. The fourth-order valence-corrected chi connectivity index (χ4v) is 3.26. The molecule has 25 heavy (non-hydrogen) atoms. The summed E-state index contributed by atoms with van der Waals surface area (Å²) in [6.45, 7) is 6.18. The molecule has 0 radical (unpaired) electrons. The smallest absolute Gasteiger partial charge is 0.253 e. The molecule has 0 fully saturated rings. The predicted molar refractivity (Wildman–Crippen MR) is 102 cm³/mol. The molecule has 3 aromatic rings. The summed E-state index contributed by atoms with van der Waals surface area (Å²) in [4.78, 5) is 17.1. The van der Waals surface area contributed by atoms with Crippen LogP contribution in [0.2, 0.25) is 5.02 Å². The van der Waals surface area contributed by atoms with Crippen LogP contribution in [0, 0.1) is 0 Å². The monoisotopic (exact) mass is 355 g/mol. The Morgan fingerprint density at radius 3 is 2.64 bits per heavy atom. The van der Waals surface area contributed by atoms with Gasteiger partial charge in [0, 0.05) is 36.3 Å². The maximum atomic E-state index is 12.8. The van der Waals surface area contributed by atoms with Crippen molar-refractivity contribution in [2.45, 2.75) is 32.2 Å². The number of amides is 1. The van der Waals surface area contributed by atoms with Crippen molar-refractivity contribution >= 4 is 28.5 Å². The quantitative estimate of drug-likeness (QED) is 0.746. The summed E-state index contributed by atoms with van der Waals surface area (Å²) < 4.78 is 1.85. The lowest BCUT2D eigenvalue weighted by Crippen LogP contribution is -2.47. The Kier molecular flexibility index (Phi) is 4.56. The maximum absolute atomic E-state index is 12.8. The number of hydrogen-bond donors (Lipinski definition) is 1. The van der Waals surface area contributed by atoms with E-state index in [1.165, 1.54) is 5.56 Å². The van der Waals surface area contributed by atoms with E-state index in [2.05, 4.69) is 29.4 Å². The van der Waals surface area contributed by atoms with Crippen LogP contribution < -0.4 is 5.32 Å². The number of aromatic nitrogens is 2. The molecule has 3 rings (SSSR count). The zero-order chi connectivity index (χ0) is 18.2. The molecule has 1 atom stereocenters. The Morgan fingerprint density at radius 1 is 1.28 bits per heavy atom. The first-order chi connectivity index (χ1) is 11.8. The van der Waals surface area contributed by atoms with Crippen molar-refractivity contribution in [3.63, 3.8) is 0 Å². The van der Waals surface area contributed by atoms with E-state index in [1.54, 1.807) is 18.5 Å². The minimum Gasteiger partial charge on any atom is -0.347 e. The first-order valence-electron chi connectivity index (χ1n) is 8.27. The number of nitrogens with zero attached hydrogens (tertiary/aromatic N) is 2. The molecule has 1 unspecified atom stereocenters. The van der Waals surface area contributed by atoms with E-state index in [0.717, 1.165) is 11.0 Å². The van der Waals surface area contributed by atoms with Gasteiger partial charge in [0.25, 0.3) is 5.91 Å². The molecule has 130 valence electrons. The molecule has 0 aliphatic rings. The van der Waals surface area contributed by atoms with Gasteiger partial charge in [0.05, 0.1) is 10.6 Å². The number of carbonyl (C=O) groups is 1. The van der Waals surface area contributed by atoms with Gasteiger partial charge in [-0.2, -0.15) is 0 Å². The predicted octanol–water partition coefficient (Wildman–Crippen LogP) is 4.54. The van der Waals surface area contributed by atoms with Crippen LogP contribution >= 0.6 is 11.6 Å². The van der Waals surface area contributed by atoms with Crippen LogP contribution in [0.3, 0.4) is 0 Å². The van der Waals surface area contributed by atoms with Gasteiger partial charge < -0.3 is 9.88 Å². The van der Waals surface area contributed by atoms with Crippen molar-refractivity contribution in [2.24, 2.45) is 7.05 Å². The first-order valence-corrected chi connectivity index (χ1v) is 8.65. The Labute approximate surface area is 152 Å². The molecule has 0 saturated carbocycles. The van der Waals surface area contributed by atoms with Crippen molar-refractivity contribution < 1.29 is 4.79 Å². The lowest BCUT2D eigenvalue weighted by Gasteiger charge is -2.33. The van der Waals surface area contributed by atoms with E-state index in [4.69, 9.17) is 11.6 Å². The van der Waals surface area contributed by atoms with E-state index in [0.29, 0.717) is 10.6 Å². The lowest BCUT2D eigenvalue weighted by atomic mass is 9.83. The normalized spacial score (nSPS) is 13.0. The van der Waals surface area contributed by atoms with Gasteiger partial charge in [0.1, 0.15) is 5.65 Å². The number of fused-ring (bicyclic) bond motifs is 1. The number of nitrogens with one attached hydrogen (secondary N) is 1. The molecular weight excluding hydrogens is 334 g/mol. The van der Waals surface area contributed by atoms with Gasteiger partial charge >= 0.3 is 0 Å². The van der Waals surface area contributed by atoms with Crippen molar-refractivity contribution in [1.29, 1.82) is 0 Å². The minimum absolute atomic E-state index is 0.151. The zero-order valence-electron chi connectivity index (χ0n) is 14.9. The van der Waals surface area contributed by atoms with Gasteiger partial charge in [0.15, 0.2) is 0 Å². The second-order valence-electron chi connectivity index (χ2n) is 6.99. The molecule has 2 heterocycles. The highest BCUT2D eigenvalue weighted by Crippen LogP contribution is 2.28. The summed E-state index contributed by atoms with van der Waals surface area (Å²) in [7, 11) is 1.88. The third-order valence-corrected chi connectivity index (χ3v) is 5.15. The van der Waals surface area contributed by atoms with Crippen LogP contribution in [0.5, 0.6) is 0 Å². The van der Waals surface area contributed by atoms with Gasteiger partial charge in [-0.15, -0.1) is 0 Å². The molecule has 2 aromatic heterocycles. The van der Waals surface area contributed by atoms with E-state index in [9.17, 15) is 4.79 Å². The Hall–Kier alpha value is -2.33. The number of halogens is 1. The van der Waals surface area contributed by atoms with Crippen molar-refractivity contribution in [2.75, 3.05) is 0 Å². The number of aryl methyl sites for hydroxylation is 1. The van der Waals surface area contributed by atoms with E-state index in [1.807, 2.05) is 43.7 Å². The van der Waals surface area contributed by atoms with Crippen LogP contribution in [-0.4, -0.2) is 21.0 Å². The molecule has 1 amide bonds. The van der Waals surface area contributed by atoms with Crippen LogP contribution in [0.1, 0.15) is 42.6 Å². The van der Waals surface area contributed by atoms with Gasteiger partial charge in [-0.3, -0.25) is 4.79 Å². The zero-order valence-corrected chi connectivity index (χ0v) is 15.6. The largest absolute Gasteiger partial charge is 0.347 e. The number of benzene rings is 1. The molecule has 0 saturated heterocycles. The SMILES string of the molecule is CC(c1ccccc1)C(C)(C)NC(=O)c1cnc2c(c1)c(Cl)cn2C. The summed E-state index contributed by atoms with van der Waals surface area (Å²) in [6, 6.07) is 12.0. The van der Waals surface area contributed by atoms with Gasteiger partial charge in [0.2, 0.25) is 0 Å². The standard InChI is InChI=1S/C20H22ClN3O/c1-13(14-8-6-5-7-9-14)20(2,3)23-19(25)15-10-16-17(21)12-24(4)18(16)22-11-15/h5-13H,1-4H3,(H,23,25). The summed E-state index contributed by atoms with van der Waals surface area (Å²) in [5.41, 5.74) is 2.05. The number of carbonyl (C=O) groups excluding carboxylic acids is 1. The second-order valence-corrected chi connectivity index (χ2v) is 7.40. The van der Waals surface area contributed by atoms with E-state index >= 15 is 0 Å². The van der Waals surface area contributed by atoms with Crippen molar-refractivity contribution in [3.8, 4) is 0 Å². The average molecular weight is 356 g/mol. The van der Waals surface area contributed by atoms with E-state index < -0.39 is 5.54 Å². The Morgan fingerprint density at radius 2 is 1.96 bits per heavy atom. The average Bonchev–Trinajstić information content (AvgIpc) is 2.88. The highest BCUT2D eigenvalue weighted by atomic mass is 35.5. The topological polar surface area (TPSA) is 46.9 Å². The molecule has 0 aliphatic heterocycles. The third kappa shape index (κ3) is 3.40. The molecule has 1 aromatic carbocycles. The lowest BCUT2D eigenvalue weighted by molar-refractivity contribution is 0.0902. The van der Waals surface area contributed by atoms with Crippen molar-refractivity contribution in [3.05, 3.63) is 64.9 Å². The molecule has 0 spiro atoms.